The van der Waals surface area contributed by atoms with Crippen LogP contribution in [-0.2, 0) is 22.6 Å². The topological polar surface area (TPSA) is 107 Å². The Hall–Kier alpha value is -3.60. The fraction of sp³-hybridized carbons (Fsp3) is 0.467. The number of H-pyrrole nitrogens is 1. The third-order valence-corrected chi connectivity index (χ3v) is 7.90. The van der Waals surface area contributed by atoms with Crippen LogP contribution in [0.3, 0.4) is 0 Å². The number of tetrazole rings is 1. The number of benzene rings is 2. The lowest BCUT2D eigenvalue weighted by Gasteiger charge is -2.33. The largest absolute Gasteiger partial charge is 0.497 e. The number of aromatic nitrogens is 5. The second-order valence-corrected chi connectivity index (χ2v) is 10.8. The Morgan fingerprint density at radius 2 is 1.85 bits per heavy atom. The molecule has 2 saturated heterocycles. The molecule has 0 unspecified atom stereocenters. The molecule has 0 spiro atoms. The molecule has 6 rings (SSSR count). The van der Waals surface area contributed by atoms with Crippen LogP contribution >= 0.6 is 0 Å². The second kappa shape index (κ2) is 11.9. The number of nitrogens with zero attached hydrogens (tertiary/aromatic N) is 5. The van der Waals surface area contributed by atoms with Gasteiger partial charge < -0.3 is 19.2 Å². The van der Waals surface area contributed by atoms with Gasteiger partial charge in [-0.2, -0.15) is 0 Å². The molecule has 2 aromatic heterocycles. The van der Waals surface area contributed by atoms with Gasteiger partial charge in [-0.15, -0.1) is 5.10 Å². The SMILES string of the molecule is COc1ccc(CN(C[C@@H]2CCCO2)[C@@H](c2cc3cc(C)ccc3[nH]c2=O)c2nnnn2C[C@H]2CCCO2)cc1. The molecule has 40 heavy (non-hydrogen) atoms. The number of rotatable bonds is 10. The van der Waals surface area contributed by atoms with Gasteiger partial charge in [0.05, 0.1) is 25.9 Å². The van der Waals surface area contributed by atoms with Gasteiger partial charge in [-0.3, -0.25) is 9.69 Å². The first kappa shape index (κ1) is 26.6. The van der Waals surface area contributed by atoms with Crippen LogP contribution in [0.5, 0.6) is 5.75 Å². The molecular formula is C30H36N6O4. The summed E-state index contributed by atoms with van der Waals surface area (Å²) in [5.74, 6) is 1.42. The van der Waals surface area contributed by atoms with E-state index < -0.39 is 6.04 Å². The highest BCUT2D eigenvalue weighted by atomic mass is 16.5. The van der Waals surface area contributed by atoms with E-state index in [-0.39, 0.29) is 17.8 Å². The molecule has 10 heteroatoms. The molecule has 1 N–H and O–H groups in total. The number of methoxy groups -OCH3 is 1. The predicted molar refractivity (Wildman–Crippen MR) is 150 cm³/mol. The van der Waals surface area contributed by atoms with Crippen molar-refractivity contribution in [3.8, 4) is 5.75 Å². The van der Waals surface area contributed by atoms with Gasteiger partial charge in [0, 0.05) is 37.4 Å². The summed E-state index contributed by atoms with van der Waals surface area (Å²) in [6.45, 7) is 5.30. The fourth-order valence-corrected chi connectivity index (χ4v) is 5.84. The van der Waals surface area contributed by atoms with Crippen LogP contribution in [0.1, 0.15) is 54.2 Å². The van der Waals surface area contributed by atoms with Gasteiger partial charge in [0.15, 0.2) is 5.82 Å². The molecule has 2 fully saturated rings. The average Bonchev–Trinajstić information content (AvgIpc) is 3.75. The van der Waals surface area contributed by atoms with Crippen LogP contribution in [0, 0.1) is 6.92 Å². The molecule has 0 radical (unpaired) electrons. The van der Waals surface area contributed by atoms with E-state index in [0.717, 1.165) is 66.7 Å². The van der Waals surface area contributed by atoms with Gasteiger partial charge in [0.2, 0.25) is 0 Å². The molecule has 0 aliphatic carbocycles. The second-order valence-electron chi connectivity index (χ2n) is 10.8. The lowest BCUT2D eigenvalue weighted by atomic mass is 10.0. The molecule has 210 valence electrons. The Bertz CT molecular complexity index is 1490. The van der Waals surface area contributed by atoms with Gasteiger partial charge >= 0.3 is 0 Å². The van der Waals surface area contributed by atoms with Crippen molar-refractivity contribution in [2.45, 2.75) is 63.9 Å². The fourth-order valence-electron chi connectivity index (χ4n) is 5.84. The first-order valence-electron chi connectivity index (χ1n) is 14.1. The number of pyridine rings is 1. The van der Waals surface area contributed by atoms with E-state index in [9.17, 15) is 4.79 Å². The lowest BCUT2D eigenvalue weighted by molar-refractivity contribution is 0.0555. The number of aryl methyl sites for hydroxylation is 1. The van der Waals surface area contributed by atoms with Crippen molar-refractivity contribution >= 4 is 10.9 Å². The molecule has 2 aliphatic heterocycles. The summed E-state index contributed by atoms with van der Waals surface area (Å²) in [7, 11) is 1.66. The third kappa shape index (κ3) is 5.79. The summed E-state index contributed by atoms with van der Waals surface area (Å²) in [6, 6.07) is 15.6. The van der Waals surface area contributed by atoms with Gasteiger partial charge in [0.25, 0.3) is 5.56 Å². The van der Waals surface area contributed by atoms with E-state index in [4.69, 9.17) is 14.2 Å². The Morgan fingerprint density at radius 1 is 1.07 bits per heavy atom. The van der Waals surface area contributed by atoms with E-state index >= 15 is 0 Å². The highest BCUT2D eigenvalue weighted by molar-refractivity contribution is 5.79. The normalized spacial score (nSPS) is 20.0. The Morgan fingerprint density at radius 3 is 2.58 bits per heavy atom. The van der Waals surface area contributed by atoms with E-state index in [0.29, 0.717) is 31.0 Å². The van der Waals surface area contributed by atoms with Gasteiger partial charge in [-0.25, -0.2) is 4.68 Å². The zero-order valence-corrected chi connectivity index (χ0v) is 23.1. The summed E-state index contributed by atoms with van der Waals surface area (Å²) in [6.07, 6.45) is 4.10. The summed E-state index contributed by atoms with van der Waals surface area (Å²) in [5, 5.41) is 13.9. The van der Waals surface area contributed by atoms with Crippen LogP contribution in [-0.4, -0.2) is 69.2 Å². The summed E-state index contributed by atoms with van der Waals surface area (Å²) in [4.78, 5) is 19.2. The summed E-state index contributed by atoms with van der Waals surface area (Å²) in [5.41, 5.74) is 3.47. The van der Waals surface area contributed by atoms with Crippen molar-refractivity contribution in [3.05, 3.63) is 81.4 Å². The minimum Gasteiger partial charge on any atom is -0.497 e. The predicted octanol–water partition coefficient (Wildman–Crippen LogP) is 3.78. The van der Waals surface area contributed by atoms with E-state index in [2.05, 4.69) is 50.5 Å². The first-order chi connectivity index (χ1) is 19.6. The monoisotopic (exact) mass is 544 g/mol. The van der Waals surface area contributed by atoms with Crippen LogP contribution < -0.4 is 10.3 Å². The van der Waals surface area contributed by atoms with Crippen molar-refractivity contribution in [1.29, 1.82) is 0 Å². The highest BCUT2D eigenvalue weighted by Crippen LogP contribution is 2.31. The number of fused-ring (bicyclic) bond motifs is 1. The molecule has 3 atom stereocenters. The Balaban J connectivity index is 1.47. The average molecular weight is 545 g/mol. The molecule has 2 aromatic carbocycles. The van der Waals surface area contributed by atoms with E-state index in [1.54, 1.807) is 7.11 Å². The number of hydrogen-bond donors (Lipinski definition) is 1. The zero-order valence-electron chi connectivity index (χ0n) is 23.1. The van der Waals surface area contributed by atoms with E-state index in [1.807, 2.05) is 35.0 Å². The molecule has 0 bridgehead atoms. The third-order valence-electron chi connectivity index (χ3n) is 7.90. The molecule has 4 heterocycles. The van der Waals surface area contributed by atoms with Crippen molar-refractivity contribution in [3.63, 3.8) is 0 Å². The maximum atomic E-state index is 13.8. The quantitative estimate of drug-likeness (QED) is 0.322. The van der Waals surface area contributed by atoms with E-state index in [1.165, 1.54) is 0 Å². The first-order valence-corrected chi connectivity index (χ1v) is 14.1. The zero-order chi connectivity index (χ0) is 27.5. The molecule has 2 aliphatic rings. The Kier molecular flexibility index (Phi) is 7.90. The molecule has 4 aromatic rings. The number of ether oxygens (including phenoxy) is 3. The summed E-state index contributed by atoms with van der Waals surface area (Å²) < 4.78 is 19.2. The highest BCUT2D eigenvalue weighted by Gasteiger charge is 2.34. The van der Waals surface area contributed by atoms with Crippen LogP contribution in [0.15, 0.2) is 53.3 Å². The minimum atomic E-state index is -0.503. The van der Waals surface area contributed by atoms with Crippen LogP contribution in [0.25, 0.3) is 10.9 Å². The number of aromatic amines is 1. The van der Waals surface area contributed by atoms with Crippen molar-refractivity contribution in [2.24, 2.45) is 0 Å². The number of nitrogens with one attached hydrogen (secondary N) is 1. The van der Waals surface area contributed by atoms with Crippen molar-refractivity contribution < 1.29 is 14.2 Å². The maximum absolute atomic E-state index is 13.8. The van der Waals surface area contributed by atoms with Crippen LogP contribution in [0.4, 0.5) is 0 Å². The molecule has 0 amide bonds. The van der Waals surface area contributed by atoms with Crippen molar-refractivity contribution in [1.82, 2.24) is 30.1 Å². The molecule has 0 saturated carbocycles. The Labute approximate surface area is 233 Å². The molecular weight excluding hydrogens is 508 g/mol. The number of hydrogen-bond acceptors (Lipinski definition) is 8. The maximum Gasteiger partial charge on any atom is 0.253 e. The molecule has 10 nitrogen and oxygen atoms in total. The summed E-state index contributed by atoms with van der Waals surface area (Å²) >= 11 is 0. The smallest absolute Gasteiger partial charge is 0.253 e. The van der Waals surface area contributed by atoms with Gasteiger partial charge in [0.1, 0.15) is 11.8 Å². The standard InChI is InChI=1S/C30H36N6O4/c1-20-7-12-27-22(15-20)16-26(30(37)31-27)28(29-32-33-34-36(29)19-25-6-4-14-40-25)35(18-24-5-3-13-39-24)17-21-8-10-23(38-2)11-9-21/h7-12,15-16,24-25,28H,3-6,13-14,17-19H2,1-2H3,(H,31,37)/t24-,25+,28-/m0/s1. The lowest BCUT2D eigenvalue weighted by Crippen LogP contribution is -2.39. The van der Waals surface area contributed by atoms with Crippen LogP contribution in [0.2, 0.25) is 0 Å². The minimum absolute atomic E-state index is 0.0497. The van der Waals surface area contributed by atoms with Gasteiger partial charge in [-0.05, 0) is 84.3 Å². The van der Waals surface area contributed by atoms with Crippen molar-refractivity contribution in [2.75, 3.05) is 26.9 Å². The van der Waals surface area contributed by atoms with Gasteiger partial charge in [-0.1, -0.05) is 23.8 Å².